The molecule has 22 heavy (non-hydrogen) atoms. The number of rotatable bonds is 2. The van der Waals surface area contributed by atoms with E-state index in [1.165, 1.54) is 16.8 Å². The fraction of sp³-hybridized carbons (Fsp3) is 0.571. The van der Waals surface area contributed by atoms with Crippen LogP contribution in [0.3, 0.4) is 0 Å². The predicted molar refractivity (Wildman–Crippen MR) is 73.9 cm³/mol. The first kappa shape index (κ1) is 15.0. The molecule has 0 aliphatic carbocycles. The van der Waals surface area contributed by atoms with Gasteiger partial charge in [0.05, 0.1) is 0 Å². The van der Waals surface area contributed by atoms with E-state index >= 15 is 0 Å². The number of nitrogens with zero attached hydrogens (tertiary/aromatic N) is 1. The van der Waals surface area contributed by atoms with Crippen LogP contribution in [0.2, 0.25) is 0 Å². The molecule has 2 saturated heterocycles. The third kappa shape index (κ3) is 2.38. The van der Waals surface area contributed by atoms with Crippen molar-refractivity contribution < 1.29 is 19.3 Å². The second-order valence-electron chi connectivity index (χ2n) is 5.68. The number of aliphatic hydroxyl groups is 1. The molecule has 0 saturated carbocycles. The van der Waals surface area contributed by atoms with Gasteiger partial charge in [0.2, 0.25) is 0 Å². The van der Waals surface area contributed by atoms with Crippen LogP contribution >= 0.6 is 0 Å². The van der Waals surface area contributed by atoms with Gasteiger partial charge in [0, 0.05) is 12.3 Å². The van der Waals surface area contributed by atoms with E-state index in [4.69, 9.17) is 20.6 Å². The molecule has 0 spiro atoms. The molecule has 2 aliphatic rings. The number of H-pyrrole nitrogens is 1. The molecule has 0 aromatic carbocycles. The number of hydrogen-bond acceptors (Lipinski definition) is 6. The summed E-state index contributed by atoms with van der Waals surface area (Å²) in [5.74, 6) is 1.30. The van der Waals surface area contributed by atoms with E-state index in [9.17, 15) is 14.7 Å². The van der Waals surface area contributed by atoms with Gasteiger partial charge in [0.1, 0.15) is 24.4 Å². The van der Waals surface area contributed by atoms with Crippen molar-refractivity contribution in [1.29, 1.82) is 0 Å². The highest BCUT2D eigenvalue weighted by molar-refractivity contribution is 5.08. The number of aromatic amines is 1. The van der Waals surface area contributed by atoms with Crippen LogP contribution < -0.4 is 11.2 Å². The molecule has 3 heterocycles. The molecule has 1 aromatic heterocycles. The molecule has 0 amide bonds. The molecular weight excluding hydrogens is 292 g/mol. The highest BCUT2D eigenvalue weighted by Crippen LogP contribution is 2.43. The highest BCUT2D eigenvalue weighted by Gasteiger charge is 2.57. The van der Waals surface area contributed by atoms with Gasteiger partial charge >= 0.3 is 5.69 Å². The summed E-state index contributed by atoms with van der Waals surface area (Å²) in [6.45, 7) is 3.44. The molecule has 1 aromatic rings. The minimum atomic E-state index is -1.20. The Labute approximate surface area is 125 Å². The highest BCUT2D eigenvalue weighted by atomic mass is 16.8. The van der Waals surface area contributed by atoms with Crippen molar-refractivity contribution in [3.63, 3.8) is 0 Å². The summed E-state index contributed by atoms with van der Waals surface area (Å²) in [7, 11) is 0. The second kappa shape index (κ2) is 5.07. The van der Waals surface area contributed by atoms with E-state index < -0.39 is 47.7 Å². The largest absolute Gasteiger partial charge is 0.378 e. The fourth-order valence-corrected chi connectivity index (χ4v) is 2.81. The Morgan fingerprint density at radius 3 is 2.73 bits per heavy atom. The predicted octanol–water partition coefficient (Wildman–Crippen LogP) is -1.05. The van der Waals surface area contributed by atoms with E-state index in [-0.39, 0.29) is 0 Å². The molecule has 8 heteroatoms. The smallest absolute Gasteiger partial charge is 0.330 e. The molecule has 2 aliphatic heterocycles. The summed E-state index contributed by atoms with van der Waals surface area (Å²) < 4.78 is 18.4. The SMILES string of the molecule is C#C[C@@H](O)[C@H]1O[C@@H](n2ccc(=O)[nH]c2=O)[C@@H]2OC(C)(C)O[C@@H]21. The number of aliphatic hydroxyl groups excluding tert-OH is 1. The Bertz CT molecular complexity index is 730. The summed E-state index contributed by atoms with van der Waals surface area (Å²) in [5, 5.41) is 9.91. The van der Waals surface area contributed by atoms with Crippen molar-refractivity contribution in [1.82, 2.24) is 9.55 Å². The third-order valence-electron chi connectivity index (χ3n) is 3.67. The molecule has 8 nitrogen and oxygen atoms in total. The Hall–Kier alpha value is -1.92. The van der Waals surface area contributed by atoms with Gasteiger partial charge in [-0.3, -0.25) is 14.3 Å². The van der Waals surface area contributed by atoms with Gasteiger partial charge in [-0.25, -0.2) is 4.79 Å². The van der Waals surface area contributed by atoms with Crippen LogP contribution in [0.1, 0.15) is 20.1 Å². The first-order chi connectivity index (χ1) is 10.3. The van der Waals surface area contributed by atoms with E-state index in [2.05, 4.69) is 10.9 Å². The fourth-order valence-electron chi connectivity index (χ4n) is 2.81. The lowest BCUT2D eigenvalue weighted by Crippen LogP contribution is -2.37. The monoisotopic (exact) mass is 308 g/mol. The van der Waals surface area contributed by atoms with Gasteiger partial charge in [-0.2, -0.15) is 0 Å². The first-order valence-electron chi connectivity index (χ1n) is 6.79. The third-order valence-corrected chi connectivity index (χ3v) is 3.67. The number of hydrogen-bond donors (Lipinski definition) is 2. The maximum Gasteiger partial charge on any atom is 0.330 e. The van der Waals surface area contributed by atoms with Crippen molar-refractivity contribution in [3.8, 4) is 12.3 Å². The number of terminal acetylenes is 1. The maximum absolute atomic E-state index is 12.0. The quantitative estimate of drug-likeness (QED) is 0.676. The Balaban J connectivity index is 2.00. The average molecular weight is 308 g/mol. The molecular formula is C14H16N2O6. The van der Waals surface area contributed by atoms with Crippen molar-refractivity contribution in [3.05, 3.63) is 33.1 Å². The van der Waals surface area contributed by atoms with E-state index in [1.807, 2.05) is 0 Å². The van der Waals surface area contributed by atoms with E-state index in [0.717, 1.165) is 0 Å². The minimum Gasteiger partial charge on any atom is -0.378 e. The number of fused-ring (bicyclic) bond motifs is 1. The molecule has 5 atom stereocenters. The van der Waals surface area contributed by atoms with Gasteiger partial charge in [0.25, 0.3) is 5.56 Å². The maximum atomic E-state index is 12.0. The Morgan fingerprint density at radius 2 is 2.09 bits per heavy atom. The normalized spacial score (nSPS) is 34.1. The molecule has 0 unspecified atom stereocenters. The van der Waals surface area contributed by atoms with Crippen LogP contribution in [-0.2, 0) is 14.2 Å². The molecule has 2 fully saturated rings. The number of aromatic nitrogens is 2. The van der Waals surface area contributed by atoms with Crippen LogP contribution in [0.4, 0.5) is 0 Å². The number of ether oxygens (including phenoxy) is 3. The molecule has 2 N–H and O–H groups in total. The lowest BCUT2D eigenvalue weighted by Gasteiger charge is -2.25. The zero-order valence-electron chi connectivity index (χ0n) is 12.1. The molecule has 118 valence electrons. The van der Waals surface area contributed by atoms with Crippen LogP contribution in [0, 0.1) is 12.3 Å². The molecule has 3 rings (SSSR count). The van der Waals surface area contributed by atoms with E-state index in [1.54, 1.807) is 13.8 Å². The lowest BCUT2D eigenvalue weighted by atomic mass is 10.1. The summed E-state index contributed by atoms with van der Waals surface area (Å²) in [5.41, 5.74) is -1.15. The van der Waals surface area contributed by atoms with Gasteiger partial charge in [0.15, 0.2) is 12.0 Å². The van der Waals surface area contributed by atoms with Gasteiger partial charge in [-0.15, -0.1) is 6.42 Å². The van der Waals surface area contributed by atoms with E-state index in [0.29, 0.717) is 0 Å². The first-order valence-corrected chi connectivity index (χ1v) is 6.79. The van der Waals surface area contributed by atoms with Gasteiger partial charge in [-0.05, 0) is 13.8 Å². The van der Waals surface area contributed by atoms with Crippen molar-refractivity contribution in [2.45, 2.75) is 50.3 Å². The van der Waals surface area contributed by atoms with Gasteiger partial charge in [-0.1, -0.05) is 5.92 Å². The zero-order valence-corrected chi connectivity index (χ0v) is 12.1. The Kier molecular flexibility index (Phi) is 3.45. The molecule has 0 radical (unpaired) electrons. The summed E-state index contributed by atoms with van der Waals surface area (Å²) in [6, 6.07) is 1.20. The Morgan fingerprint density at radius 1 is 1.41 bits per heavy atom. The van der Waals surface area contributed by atoms with Crippen molar-refractivity contribution >= 4 is 0 Å². The zero-order chi connectivity index (χ0) is 16.1. The summed E-state index contributed by atoms with van der Waals surface area (Å²) in [6.07, 6.45) is 2.41. The van der Waals surface area contributed by atoms with Crippen molar-refractivity contribution in [2.24, 2.45) is 0 Å². The van der Waals surface area contributed by atoms with Crippen LogP contribution in [-0.4, -0.2) is 44.9 Å². The van der Waals surface area contributed by atoms with Crippen LogP contribution in [0.25, 0.3) is 0 Å². The second-order valence-corrected chi connectivity index (χ2v) is 5.68. The minimum absolute atomic E-state index is 0.514. The van der Waals surface area contributed by atoms with Crippen LogP contribution in [0.5, 0.6) is 0 Å². The topological polar surface area (TPSA) is 103 Å². The average Bonchev–Trinajstić information content (AvgIpc) is 2.91. The summed E-state index contributed by atoms with van der Waals surface area (Å²) in [4.78, 5) is 25.3. The van der Waals surface area contributed by atoms with Crippen molar-refractivity contribution in [2.75, 3.05) is 0 Å². The molecule has 0 bridgehead atoms. The van der Waals surface area contributed by atoms with Gasteiger partial charge < -0.3 is 19.3 Å². The lowest BCUT2D eigenvalue weighted by molar-refractivity contribution is -0.204. The number of nitrogens with one attached hydrogen (secondary N) is 1. The summed E-state index contributed by atoms with van der Waals surface area (Å²) >= 11 is 0. The van der Waals surface area contributed by atoms with Crippen LogP contribution in [0.15, 0.2) is 21.9 Å². The standard InChI is InChI=1S/C14H16N2O6/c1-4-7(17)9-10-11(22-14(2,3)21-10)12(20-9)16-6-5-8(18)15-13(16)19/h1,5-7,9-12,17H,2-3H3,(H,15,18,19)/t7-,9-,10-,11-,12-/m1/s1.